The number of unbranched alkanes of at least 4 members (excludes halogenated alkanes) is 1. The molecule has 0 unspecified atom stereocenters. The van der Waals surface area contributed by atoms with Crippen molar-refractivity contribution in [1.82, 2.24) is 4.90 Å². The number of carbonyl (C=O) groups is 2. The van der Waals surface area contributed by atoms with Gasteiger partial charge >= 0.3 is 5.97 Å². The standard InChI is InChI=1S/C25H41NO4/c1-8-10-11-20-12-13-21(25(29)30-16-22(17(3)4)18(5)6)19(7)23(20)24(28)26(9-2)14-15-27/h12-13,17-18,22,27H,8-11,14-16H2,1-7H3. The molecule has 30 heavy (non-hydrogen) atoms. The van der Waals surface area contributed by atoms with Crippen LogP contribution >= 0.6 is 0 Å². The second-order valence-electron chi connectivity index (χ2n) is 8.73. The number of carbonyl (C=O) groups excluding carboxylic acids is 2. The highest BCUT2D eigenvalue weighted by Crippen LogP contribution is 2.25. The maximum absolute atomic E-state index is 13.3. The molecule has 5 heteroatoms. The van der Waals surface area contributed by atoms with E-state index in [0.29, 0.717) is 47.6 Å². The topological polar surface area (TPSA) is 66.8 Å². The summed E-state index contributed by atoms with van der Waals surface area (Å²) >= 11 is 0. The summed E-state index contributed by atoms with van der Waals surface area (Å²) in [6.45, 7) is 15.5. The molecule has 0 saturated heterocycles. The van der Waals surface area contributed by atoms with Gasteiger partial charge < -0.3 is 14.7 Å². The average Bonchev–Trinajstić information content (AvgIpc) is 2.69. The van der Waals surface area contributed by atoms with E-state index in [9.17, 15) is 14.7 Å². The Balaban J connectivity index is 3.25. The molecule has 1 rings (SSSR count). The minimum Gasteiger partial charge on any atom is -0.462 e. The Morgan fingerprint density at radius 1 is 1.10 bits per heavy atom. The lowest BCUT2D eigenvalue weighted by molar-refractivity contribution is 0.0353. The minimum atomic E-state index is -0.375. The number of amides is 1. The predicted molar refractivity (Wildman–Crippen MR) is 122 cm³/mol. The first-order chi connectivity index (χ1) is 14.2. The number of hydrogen-bond acceptors (Lipinski definition) is 4. The van der Waals surface area contributed by atoms with Gasteiger partial charge in [0.05, 0.1) is 18.8 Å². The fourth-order valence-electron chi connectivity index (χ4n) is 3.95. The van der Waals surface area contributed by atoms with Crippen LogP contribution in [0, 0.1) is 24.7 Å². The Hall–Kier alpha value is -1.88. The molecule has 0 aromatic heterocycles. The van der Waals surface area contributed by atoms with Crippen LogP contribution in [0.5, 0.6) is 0 Å². The highest BCUT2D eigenvalue weighted by atomic mass is 16.5. The summed E-state index contributed by atoms with van der Waals surface area (Å²) in [5, 5.41) is 9.33. The van der Waals surface area contributed by atoms with Crippen molar-refractivity contribution in [2.75, 3.05) is 26.3 Å². The molecule has 0 aliphatic rings. The number of benzene rings is 1. The number of hydrogen-bond donors (Lipinski definition) is 1. The van der Waals surface area contributed by atoms with Gasteiger partial charge in [0.1, 0.15) is 0 Å². The summed E-state index contributed by atoms with van der Waals surface area (Å²) < 4.78 is 5.68. The van der Waals surface area contributed by atoms with Crippen LogP contribution in [0.25, 0.3) is 0 Å². The molecule has 1 amide bonds. The summed E-state index contributed by atoms with van der Waals surface area (Å²) in [4.78, 5) is 27.8. The molecule has 0 bridgehead atoms. The maximum Gasteiger partial charge on any atom is 0.338 e. The van der Waals surface area contributed by atoms with Gasteiger partial charge in [-0.1, -0.05) is 47.1 Å². The molecule has 1 aromatic carbocycles. The smallest absolute Gasteiger partial charge is 0.338 e. The molecule has 1 aromatic rings. The SMILES string of the molecule is CCCCc1ccc(C(=O)OCC(C(C)C)C(C)C)c(C)c1C(=O)N(CC)CCO. The highest BCUT2D eigenvalue weighted by molar-refractivity contribution is 6.01. The first-order valence-corrected chi connectivity index (χ1v) is 11.4. The largest absolute Gasteiger partial charge is 0.462 e. The molecule has 0 fully saturated rings. The fraction of sp³-hybridized carbons (Fsp3) is 0.680. The van der Waals surface area contributed by atoms with E-state index < -0.39 is 0 Å². The molecule has 0 aliphatic carbocycles. The molecular formula is C25H41NO4. The third kappa shape index (κ3) is 6.83. The van der Waals surface area contributed by atoms with Gasteiger partial charge in [-0.05, 0) is 61.6 Å². The average molecular weight is 420 g/mol. The molecule has 0 heterocycles. The Morgan fingerprint density at radius 3 is 2.23 bits per heavy atom. The quantitative estimate of drug-likeness (QED) is 0.491. The van der Waals surface area contributed by atoms with Crippen molar-refractivity contribution in [1.29, 1.82) is 0 Å². The third-order valence-corrected chi connectivity index (χ3v) is 5.94. The molecule has 1 N–H and O–H groups in total. The van der Waals surface area contributed by atoms with E-state index in [4.69, 9.17) is 4.74 Å². The second-order valence-corrected chi connectivity index (χ2v) is 8.73. The van der Waals surface area contributed by atoms with E-state index in [-0.39, 0.29) is 25.0 Å². The van der Waals surface area contributed by atoms with Crippen LogP contribution in [-0.2, 0) is 11.2 Å². The van der Waals surface area contributed by atoms with Crippen LogP contribution in [0.15, 0.2) is 12.1 Å². The lowest BCUT2D eigenvalue weighted by Crippen LogP contribution is -2.34. The number of rotatable bonds is 12. The predicted octanol–water partition coefficient (Wildman–Crippen LogP) is 4.88. The van der Waals surface area contributed by atoms with Crippen molar-refractivity contribution < 1.29 is 19.4 Å². The van der Waals surface area contributed by atoms with E-state index in [1.807, 2.05) is 19.9 Å². The number of aliphatic hydroxyl groups excluding tert-OH is 1. The Labute approximate surface area is 182 Å². The van der Waals surface area contributed by atoms with Gasteiger partial charge in [0, 0.05) is 18.7 Å². The maximum atomic E-state index is 13.3. The first-order valence-electron chi connectivity index (χ1n) is 11.4. The zero-order valence-electron chi connectivity index (χ0n) is 20.0. The van der Waals surface area contributed by atoms with Crippen molar-refractivity contribution in [2.24, 2.45) is 17.8 Å². The van der Waals surface area contributed by atoms with Crippen molar-refractivity contribution in [3.05, 3.63) is 34.4 Å². The second kappa shape index (κ2) is 12.7. The Kier molecular flexibility index (Phi) is 11.1. The van der Waals surface area contributed by atoms with Gasteiger partial charge in [0.25, 0.3) is 5.91 Å². The van der Waals surface area contributed by atoms with Crippen LogP contribution in [0.1, 0.15) is 86.2 Å². The van der Waals surface area contributed by atoms with Gasteiger partial charge in [-0.2, -0.15) is 0 Å². The number of nitrogens with zero attached hydrogens (tertiary/aromatic N) is 1. The van der Waals surface area contributed by atoms with Crippen molar-refractivity contribution in [3.8, 4) is 0 Å². The molecule has 0 atom stereocenters. The van der Waals surface area contributed by atoms with Crippen LogP contribution in [0.4, 0.5) is 0 Å². The van der Waals surface area contributed by atoms with E-state index in [1.54, 1.807) is 11.0 Å². The van der Waals surface area contributed by atoms with E-state index >= 15 is 0 Å². The molecule has 0 spiro atoms. The van der Waals surface area contributed by atoms with Crippen LogP contribution < -0.4 is 0 Å². The van der Waals surface area contributed by atoms with Crippen LogP contribution in [-0.4, -0.2) is 48.2 Å². The number of aryl methyl sites for hydroxylation is 1. The summed E-state index contributed by atoms with van der Waals surface area (Å²) in [7, 11) is 0. The van der Waals surface area contributed by atoms with Gasteiger partial charge in [0.15, 0.2) is 0 Å². The molecule has 0 aliphatic heterocycles. The van der Waals surface area contributed by atoms with Gasteiger partial charge in [0.2, 0.25) is 0 Å². The number of aliphatic hydroxyl groups is 1. The first kappa shape index (κ1) is 26.2. The highest BCUT2D eigenvalue weighted by Gasteiger charge is 2.25. The van der Waals surface area contributed by atoms with E-state index in [1.165, 1.54) is 0 Å². The molecule has 0 radical (unpaired) electrons. The van der Waals surface area contributed by atoms with Gasteiger partial charge in [-0.3, -0.25) is 4.79 Å². The zero-order valence-corrected chi connectivity index (χ0v) is 20.0. The van der Waals surface area contributed by atoms with Crippen molar-refractivity contribution in [3.63, 3.8) is 0 Å². The van der Waals surface area contributed by atoms with Crippen molar-refractivity contribution >= 4 is 11.9 Å². The number of ether oxygens (including phenoxy) is 1. The van der Waals surface area contributed by atoms with Gasteiger partial charge in [-0.25, -0.2) is 4.79 Å². The third-order valence-electron chi connectivity index (χ3n) is 5.94. The number of likely N-dealkylation sites (N-methyl/N-ethyl adjacent to an activating group) is 1. The summed E-state index contributed by atoms with van der Waals surface area (Å²) in [6, 6.07) is 3.68. The summed E-state index contributed by atoms with van der Waals surface area (Å²) in [6.07, 6.45) is 2.78. The normalized spacial score (nSPS) is 11.4. The van der Waals surface area contributed by atoms with Gasteiger partial charge in [-0.15, -0.1) is 0 Å². The lowest BCUT2D eigenvalue weighted by Gasteiger charge is -2.25. The van der Waals surface area contributed by atoms with E-state index in [0.717, 1.165) is 24.8 Å². The minimum absolute atomic E-state index is 0.0869. The van der Waals surface area contributed by atoms with E-state index in [2.05, 4.69) is 34.6 Å². The summed E-state index contributed by atoms with van der Waals surface area (Å²) in [5.74, 6) is 0.625. The number of esters is 1. The molecule has 5 nitrogen and oxygen atoms in total. The lowest BCUT2D eigenvalue weighted by atomic mass is 9.86. The van der Waals surface area contributed by atoms with Crippen LogP contribution in [0.2, 0.25) is 0 Å². The monoisotopic (exact) mass is 419 g/mol. The Morgan fingerprint density at radius 2 is 1.73 bits per heavy atom. The molecule has 0 saturated carbocycles. The van der Waals surface area contributed by atoms with Crippen molar-refractivity contribution in [2.45, 2.75) is 67.7 Å². The zero-order chi connectivity index (χ0) is 22.8. The summed E-state index contributed by atoms with van der Waals surface area (Å²) in [5.41, 5.74) is 2.65. The Bertz CT molecular complexity index is 689. The fourth-order valence-corrected chi connectivity index (χ4v) is 3.95. The van der Waals surface area contributed by atoms with Crippen LogP contribution in [0.3, 0.4) is 0 Å². The molecule has 170 valence electrons. The molecular weight excluding hydrogens is 378 g/mol.